The van der Waals surface area contributed by atoms with E-state index in [0.29, 0.717) is 5.56 Å². The molecule has 1 aromatic carbocycles. The Bertz CT molecular complexity index is 172. The normalized spacial score (nSPS) is 13.1. The number of halogens is 1. The molecular formula is C7H7FN. The molecule has 0 spiro atoms. The fourth-order valence-corrected chi connectivity index (χ4v) is 0.584. The Kier molecular flexibility index (Phi) is 1.80. The molecule has 2 N–H and O–H groups in total. The number of hydrogen-bond donors (Lipinski definition) is 1. The summed E-state index contributed by atoms with van der Waals surface area (Å²) < 4.78 is 12.2. The Morgan fingerprint density at radius 2 is 2.00 bits per heavy atom. The molecule has 0 aromatic heterocycles. The maximum Gasteiger partial charge on any atom is 0.174 e. The zero-order chi connectivity index (χ0) is 6.69. The van der Waals surface area contributed by atoms with Crippen LogP contribution in [0.15, 0.2) is 24.3 Å². The van der Waals surface area contributed by atoms with Crippen LogP contribution in [0.25, 0.3) is 0 Å². The molecule has 0 aliphatic carbocycles. The molecule has 1 unspecified atom stereocenters. The van der Waals surface area contributed by atoms with E-state index < -0.39 is 6.30 Å². The highest BCUT2D eigenvalue weighted by molar-refractivity contribution is 5.15. The SMILES string of the molecule is NC(F)c1cc[c]cc1. The van der Waals surface area contributed by atoms with E-state index in [2.05, 4.69) is 6.07 Å². The topological polar surface area (TPSA) is 26.0 Å². The predicted molar refractivity (Wildman–Crippen MR) is 33.3 cm³/mol. The summed E-state index contributed by atoms with van der Waals surface area (Å²) in [5.74, 6) is 0. The highest BCUT2D eigenvalue weighted by atomic mass is 19.1. The van der Waals surface area contributed by atoms with E-state index in [-0.39, 0.29) is 0 Å². The number of rotatable bonds is 1. The molecule has 0 bridgehead atoms. The second-order valence-electron chi connectivity index (χ2n) is 1.74. The van der Waals surface area contributed by atoms with Crippen LogP contribution >= 0.6 is 0 Å². The van der Waals surface area contributed by atoms with Crippen LogP contribution in [0.4, 0.5) is 4.39 Å². The van der Waals surface area contributed by atoms with Gasteiger partial charge in [-0.2, -0.15) is 0 Å². The summed E-state index contributed by atoms with van der Waals surface area (Å²) in [4.78, 5) is 0. The van der Waals surface area contributed by atoms with E-state index in [1.165, 1.54) is 0 Å². The molecule has 47 valence electrons. The van der Waals surface area contributed by atoms with Crippen LogP contribution in [0.3, 0.4) is 0 Å². The van der Waals surface area contributed by atoms with E-state index in [1.54, 1.807) is 24.3 Å². The molecule has 1 nitrogen and oxygen atoms in total. The molecule has 2 heteroatoms. The van der Waals surface area contributed by atoms with Crippen molar-refractivity contribution >= 4 is 0 Å². The van der Waals surface area contributed by atoms with Crippen LogP contribution in [0.2, 0.25) is 0 Å². The average Bonchev–Trinajstić information content (AvgIpc) is 1.90. The summed E-state index contributed by atoms with van der Waals surface area (Å²) in [6, 6.07) is 9.24. The van der Waals surface area contributed by atoms with Gasteiger partial charge in [0.05, 0.1) is 0 Å². The molecule has 1 radical (unpaired) electrons. The van der Waals surface area contributed by atoms with E-state index in [0.717, 1.165) is 0 Å². The third-order valence-corrected chi connectivity index (χ3v) is 1.06. The minimum atomic E-state index is -1.36. The van der Waals surface area contributed by atoms with Crippen molar-refractivity contribution in [3.63, 3.8) is 0 Å². The summed E-state index contributed by atoms with van der Waals surface area (Å²) in [5.41, 5.74) is 5.43. The molecule has 1 rings (SSSR count). The maximum atomic E-state index is 12.2. The van der Waals surface area contributed by atoms with Crippen molar-refractivity contribution in [1.29, 1.82) is 0 Å². The van der Waals surface area contributed by atoms with Crippen molar-refractivity contribution < 1.29 is 4.39 Å². The first-order chi connectivity index (χ1) is 4.30. The van der Waals surface area contributed by atoms with E-state index in [4.69, 9.17) is 5.73 Å². The zero-order valence-electron chi connectivity index (χ0n) is 4.84. The highest BCUT2D eigenvalue weighted by Gasteiger charge is 1.98. The molecule has 0 amide bonds. The zero-order valence-corrected chi connectivity index (χ0v) is 4.84. The van der Waals surface area contributed by atoms with Crippen LogP contribution in [0, 0.1) is 6.07 Å². The van der Waals surface area contributed by atoms with Crippen LogP contribution < -0.4 is 5.73 Å². The van der Waals surface area contributed by atoms with Gasteiger partial charge in [0.1, 0.15) is 0 Å². The predicted octanol–water partition coefficient (Wildman–Crippen LogP) is 1.41. The second kappa shape index (κ2) is 2.60. The highest BCUT2D eigenvalue weighted by Crippen LogP contribution is 2.08. The molecule has 0 heterocycles. The molecule has 1 aromatic rings. The lowest BCUT2D eigenvalue weighted by Crippen LogP contribution is -2.01. The largest absolute Gasteiger partial charge is 0.298 e. The first-order valence-electron chi connectivity index (χ1n) is 2.66. The Morgan fingerprint density at radius 1 is 1.44 bits per heavy atom. The summed E-state index contributed by atoms with van der Waals surface area (Å²) >= 11 is 0. The minimum absolute atomic E-state index is 0.494. The van der Waals surface area contributed by atoms with Crippen LogP contribution in [-0.4, -0.2) is 0 Å². The van der Waals surface area contributed by atoms with Gasteiger partial charge in [0.15, 0.2) is 6.30 Å². The molecule has 0 saturated heterocycles. The third-order valence-electron chi connectivity index (χ3n) is 1.06. The quantitative estimate of drug-likeness (QED) is 0.563. The van der Waals surface area contributed by atoms with Gasteiger partial charge in [-0.25, -0.2) is 4.39 Å². The number of benzene rings is 1. The van der Waals surface area contributed by atoms with Crippen molar-refractivity contribution in [2.24, 2.45) is 5.73 Å². The summed E-state index contributed by atoms with van der Waals surface area (Å²) in [5, 5.41) is 0. The summed E-state index contributed by atoms with van der Waals surface area (Å²) in [7, 11) is 0. The van der Waals surface area contributed by atoms with Crippen molar-refractivity contribution in [2.45, 2.75) is 6.30 Å². The van der Waals surface area contributed by atoms with Crippen molar-refractivity contribution in [3.05, 3.63) is 35.9 Å². The molecule has 0 aliphatic heterocycles. The van der Waals surface area contributed by atoms with E-state index in [9.17, 15) is 4.39 Å². The molecule has 1 atom stereocenters. The number of nitrogens with two attached hydrogens (primary N) is 1. The van der Waals surface area contributed by atoms with E-state index >= 15 is 0 Å². The van der Waals surface area contributed by atoms with Gasteiger partial charge in [-0.15, -0.1) is 0 Å². The standard InChI is InChI=1S/C7H7FN/c8-7(9)6-4-2-1-3-5-6/h2-5,7H,9H2. The second-order valence-corrected chi connectivity index (χ2v) is 1.74. The maximum absolute atomic E-state index is 12.2. The lowest BCUT2D eigenvalue weighted by Gasteiger charge is -1.98. The smallest absolute Gasteiger partial charge is 0.174 e. The Morgan fingerprint density at radius 3 is 2.33 bits per heavy atom. The fourth-order valence-electron chi connectivity index (χ4n) is 0.584. The average molecular weight is 124 g/mol. The molecule has 0 fully saturated rings. The minimum Gasteiger partial charge on any atom is -0.298 e. The van der Waals surface area contributed by atoms with Crippen LogP contribution in [-0.2, 0) is 0 Å². The molecule has 9 heavy (non-hydrogen) atoms. The van der Waals surface area contributed by atoms with Gasteiger partial charge in [0, 0.05) is 5.56 Å². The monoisotopic (exact) mass is 124 g/mol. The van der Waals surface area contributed by atoms with Gasteiger partial charge in [-0.05, 0) is 6.07 Å². The van der Waals surface area contributed by atoms with Gasteiger partial charge in [0.25, 0.3) is 0 Å². The first kappa shape index (κ1) is 6.23. The Balaban J connectivity index is 2.85. The molecule has 0 aliphatic rings. The van der Waals surface area contributed by atoms with Gasteiger partial charge in [0.2, 0.25) is 0 Å². The van der Waals surface area contributed by atoms with Crippen LogP contribution in [0.5, 0.6) is 0 Å². The fraction of sp³-hybridized carbons (Fsp3) is 0.143. The number of hydrogen-bond acceptors (Lipinski definition) is 1. The Labute approximate surface area is 53.3 Å². The van der Waals surface area contributed by atoms with E-state index in [1.807, 2.05) is 0 Å². The summed E-state index contributed by atoms with van der Waals surface area (Å²) in [6.45, 7) is 0. The van der Waals surface area contributed by atoms with Gasteiger partial charge >= 0.3 is 0 Å². The third kappa shape index (κ3) is 1.50. The lowest BCUT2D eigenvalue weighted by atomic mass is 10.2. The summed E-state index contributed by atoms with van der Waals surface area (Å²) in [6.07, 6.45) is -1.36. The molecular weight excluding hydrogens is 117 g/mol. The van der Waals surface area contributed by atoms with Gasteiger partial charge in [-0.3, -0.25) is 5.73 Å². The van der Waals surface area contributed by atoms with Crippen molar-refractivity contribution in [1.82, 2.24) is 0 Å². The number of alkyl halides is 1. The lowest BCUT2D eigenvalue weighted by molar-refractivity contribution is 0.356. The van der Waals surface area contributed by atoms with Gasteiger partial charge in [-0.1, -0.05) is 24.3 Å². The van der Waals surface area contributed by atoms with Crippen LogP contribution in [0.1, 0.15) is 11.9 Å². The molecule has 0 saturated carbocycles. The first-order valence-corrected chi connectivity index (χ1v) is 2.66. The van der Waals surface area contributed by atoms with Crippen molar-refractivity contribution in [3.8, 4) is 0 Å². The Hall–Kier alpha value is -0.890. The van der Waals surface area contributed by atoms with Gasteiger partial charge < -0.3 is 0 Å². The van der Waals surface area contributed by atoms with Crippen molar-refractivity contribution in [2.75, 3.05) is 0 Å².